The van der Waals surface area contributed by atoms with Crippen LogP contribution in [0.1, 0.15) is 10.9 Å². The molecule has 0 bridgehead atoms. The van der Waals surface area contributed by atoms with E-state index in [9.17, 15) is 0 Å². The highest BCUT2D eigenvalue weighted by Gasteiger charge is 2.13. The van der Waals surface area contributed by atoms with Gasteiger partial charge in [-0.25, -0.2) is 0 Å². The van der Waals surface area contributed by atoms with E-state index in [0.29, 0.717) is 6.04 Å². The Labute approximate surface area is 70.6 Å². The van der Waals surface area contributed by atoms with Gasteiger partial charge in [0.2, 0.25) is 0 Å². The average Bonchev–Trinajstić information content (AvgIpc) is 2.58. The lowest BCUT2D eigenvalue weighted by atomic mass is 10.2. The van der Waals surface area contributed by atoms with Crippen LogP contribution >= 0.6 is 11.3 Å². The van der Waals surface area contributed by atoms with Crippen LogP contribution in [0.5, 0.6) is 0 Å². The molecule has 1 aromatic rings. The fourth-order valence-electron chi connectivity index (χ4n) is 1.34. The van der Waals surface area contributed by atoms with Gasteiger partial charge in [0.25, 0.3) is 0 Å². The minimum absolute atomic E-state index is 0.545. The minimum atomic E-state index is 0.545. The molecule has 1 unspecified atom stereocenters. The van der Waals surface area contributed by atoms with Crippen molar-refractivity contribution in [3.05, 3.63) is 22.4 Å². The lowest BCUT2D eigenvalue weighted by molar-refractivity contribution is 0.435. The zero-order valence-electron chi connectivity index (χ0n) is 6.34. The van der Waals surface area contributed by atoms with Gasteiger partial charge in [-0.05, 0) is 11.4 Å². The molecule has 0 spiro atoms. The lowest BCUT2D eigenvalue weighted by Gasteiger charge is -2.23. The summed E-state index contributed by atoms with van der Waals surface area (Å²) in [5.41, 5.74) is 0. The van der Waals surface area contributed by atoms with Crippen molar-refractivity contribution in [2.24, 2.45) is 0 Å². The normalized spacial score (nSPS) is 25.3. The zero-order chi connectivity index (χ0) is 7.52. The first-order chi connectivity index (χ1) is 5.47. The van der Waals surface area contributed by atoms with Crippen LogP contribution in [-0.4, -0.2) is 19.6 Å². The van der Waals surface area contributed by atoms with Crippen LogP contribution in [0.3, 0.4) is 0 Å². The maximum Gasteiger partial charge on any atom is 0.0541 e. The molecule has 2 heterocycles. The van der Waals surface area contributed by atoms with Crippen LogP contribution in [0, 0.1) is 0 Å². The predicted molar refractivity (Wildman–Crippen MR) is 47.9 cm³/mol. The first kappa shape index (κ1) is 7.28. The Balaban J connectivity index is 2.04. The number of rotatable bonds is 1. The van der Waals surface area contributed by atoms with E-state index in [0.717, 1.165) is 19.6 Å². The third-order valence-corrected chi connectivity index (χ3v) is 2.91. The summed E-state index contributed by atoms with van der Waals surface area (Å²) < 4.78 is 0. The van der Waals surface area contributed by atoms with Crippen molar-refractivity contribution in [2.75, 3.05) is 19.6 Å². The Morgan fingerprint density at radius 3 is 3.09 bits per heavy atom. The van der Waals surface area contributed by atoms with Crippen LogP contribution in [0.2, 0.25) is 0 Å². The summed E-state index contributed by atoms with van der Waals surface area (Å²) in [6.45, 7) is 3.25. The molecule has 0 amide bonds. The van der Waals surface area contributed by atoms with Crippen molar-refractivity contribution < 1.29 is 0 Å². The summed E-state index contributed by atoms with van der Waals surface area (Å²) in [6, 6.07) is 4.84. The highest BCUT2D eigenvalue weighted by Crippen LogP contribution is 2.18. The molecule has 0 aliphatic carbocycles. The molecule has 1 aliphatic heterocycles. The quantitative estimate of drug-likeness (QED) is 0.653. The molecule has 2 rings (SSSR count). The molecule has 60 valence electrons. The molecule has 3 heteroatoms. The number of thiophene rings is 1. The largest absolute Gasteiger partial charge is 0.314 e. The second-order valence-electron chi connectivity index (χ2n) is 2.73. The molecule has 11 heavy (non-hydrogen) atoms. The first-order valence-electron chi connectivity index (χ1n) is 3.94. The van der Waals surface area contributed by atoms with Crippen LogP contribution in [0.4, 0.5) is 0 Å². The van der Waals surface area contributed by atoms with Gasteiger partial charge in [-0.2, -0.15) is 0 Å². The molecule has 0 saturated carbocycles. The summed E-state index contributed by atoms with van der Waals surface area (Å²) in [5.74, 6) is 0. The second kappa shape index (κ2) is 3.34. The van der Waals surface area contributed by atoms with Crippen molar-refractivity contribution in [3.63, 3.8) is 0 Å². The second-order valence-corrected chi connectivity index (χ2v) is 3.71. The zero-order valence-corrected chi connectivity index (χ0v) is 7.16. The number of piperazine rings is 1. The van der Waals surface area contributed by atoms with Crippen molar-refractivity contribution in [3.8, 4) is 0 Å². The highest BCUT2D eigenvalue weighted by atomic mass is 32.1. The van der Waals surface area contributed by atoms with Gasteiger partial charge in [0, 0.05) is 24.5 Å². The van der Waals surface area contributed by atoms with Gasteiger partial charge in [0.05, 0.1) is 6.04 Å². The smallest absolute Gasteiger partial charge is 0.0541 e. The van der Waals surface area contributed by atoms with E-state index < -0.39 is 0 Å². The van der Waals surface area contributed by atoms with Crippen molar-refractivity contribution in [2.45, 2.75) is 6.04 Å². The van der Waals surface area contributed by atoms with Crippen LogP contribution in [0.25, 0.3) is 0 Å². The van der Waals surface area contributed by atoms with Crippen LogP contribution in [0.15, 0.2) is 17.5 Å². The summed E-state index contributed by atoms with van der Waals surface area (Å²) in [4.78, 5) is 1.44. The fraction of sp³-hybridized carbons (Fsp3) is 0.500. The molecule has 1 aliphatic rings. The topological polar surface area (TPSA) is 24.1 Å². The SMILES string of the molecule is c1csc(C2CNCCN2)c1. The molecule has 2 N–H and O–H groups in total. The Morgan fingerprint density at radius 2 is 2.45 bits per heavy atom. The molecular weight excluding hydrogens is 156 g/mol. The number of nitrogens with one attached hydrogen (secondary N) is 2. The highest BCUT2D eigenvalue weighted by molar-refractivity contribution is 7.10. The van der Waals surface area contributed by atoms with Crippen LogP contribution in [-0.2, 0) is 0 Å². The van der Waals surface area contributed by atoms with Gasteiger partial charge in [-0.1, -0.05) is 6.07 Å². The van der Waals surface area contributed by atoms with E-state index in [1.807, 2.05) is 11.3 Å². The van der Waals surface area contributed by atoms with Gasteiger partial charge in [-0.15, -0.1) is 11.3 Å². The monoisotopic (exact) mass is 168 g/mol. The maximum absolute atomic E-state index is 3.47. The Bertz CT molecular complexity index is 202. The minimum Gasteiger partial charge on any atom is -0.314 e. The van der Waals surface area contributed by atoms with Gasteiger partial charge >= 0.3 is 0 Å². The molecule has 0 aromatic carbocycles. The molecule has 1 fully saturated rings. The van der Waals surface area contributed by atoms with E-state index >= 15 is 0 Å². The number of hydrogen-bond donors (Lipinski definition) is 2. The molecule has 1 atom stereocenters. The molecule has 2 nitrogen and oxygen atoms in total. The molecule has 1 aromatic heterocycles. The van der Waals surface area contributed by atoms with E-state index in [1.54, 1.807) is 0 Å². The van der Waals surface area contributed by atoms with Gasteiger partial charge in [0.1, 0.15) is 0 Å². The van der Waals surface area contributed by atoms with E-state index in [-0.39, 0.29) is 0 Å². The van der Waals surface area contributed by atoms with Gasteiger partial charge in [0.15, 0.2) is 0 Å². The lowest BCUT2D eigenvalue weighted by Crippen LogP contribution is -2.42. The summed E-state index contributed by atoms with van der Waals surface area (Å²) in [6.07, 6.45) is 0. The maximum atomic E-state index is 3.47. The fourth-order valence-corrected chi connectivity index (χ4v) is 2.15. The number of hydrogen-bond acceptors (Lipinski definition) is 3. The van der Waals surface area contributed by atoms with Gasteiger partial charge in [-0.3, -0.25) is 0 Å². The van der Waals surface area contributed by atoms with E-state index in [1.165, 1.54) is 4.88 Å². The van der Waals surface area contributed by atoms with Crippen molar-refractivity contribution in [1.29, 1.82) is 0 Å². The summed E-state index contributed by atoms with van der Waals surface area (Å²) in [5, 5.41) is 8.97. The third kappa shape index (κ3) is 1.61. The van der Waals surface area contributed by atoms with E-state index in [2.05, 4.69) is 28.1 Å². The summed E-state index contributed by atoms with van der Waals surface area (Å²) >= 11 is 1.83. The summed E-state index contributed by atoms with van der Waals surface area (Å²) in [7, 11) is 0. The molecular formula is C8H12N2S. The Morgan fingerprint density at radius 1 is 1.45 bits per heavy atom. The van der Waals surface area contributed by atoms with Gasteiger partial charge < -0.3 is 10.6 Å². The third-order valence-electron chi connectivity index (χ3n) is 1.93. The van der Waals surface area contributed by atoms with Crippen molar-refractivity contribution in [1.82, 2.24) is 10.6 Å². The first-order valence-corrected chi connectivity index (χ1v) is 4.82. The Hall–Kier alpha value is -0.380. The van der Waals surface area contributed by atoms with Crippen LogP contribution < -0.4 is 10.6 Å². The molecule has 0 radical (unpaired) electrons. The van der Waals surface area contributed by atoms with E-state index in [4.69, 9.17) is 0 Å². The Kier molecular flexibility index (Phi) is 2.21. The van der Waals surface area contributed by atoms with Crippen molar-refractivity contribution >= 4 is 11.3 Å². The molecule has 1 saturated heterocycles. The predicted octanol–water partition coefficient (Wildman–Crippen LogP) is 0.982. The average molecular weight is 168 g/mol. The standard InChI is InChI=1S/C8H12N2S/c1-2-8(11-5-1)7-6-9-3-4-10-7/h1-2,5,7,9-10H,3-4,6H2.